The van der Waals surface area contributed by atoms with Crippen molar-refractivity contribution >= 4 is 10.0 Å². The largest absolute Gasteiger partial charge is 0.339 e. The van der Waals surface area contributed by atoms with Crippen molar-refractivity contribution in [1.82, 2.24) is 14.4 Å². The third kappa shape index (κ3) is 1.64. The van der Waals surface area contributed by atoms with E-state index in [1.54, 1.807) is 6.92 Å². The van der Waals surface area contributed by atoms with Crippen molar-refractivity contribution in [3.63, 3.8) is 0 Å². The maximum absolute atomic E-state index is 11.1. The van der Waals surface area contributed by atoms with Crippen LogP contribution in [0.5, 0.6) is 0 Å². The first-order valence-electron chi connectivity index (χ1n) is 4.22. The van der Waals surface area contributed by atoms with E-state index in [0.29, 0.717) is 24.8 Å². The second-order valence-electron chi connectivity index (χ2n) is 3.46. The zero-order valence-electron chi connectivity index (χ0n) is 7.97. The van der Waals surface area contributed by atoms with Gasteiger partial charge in [-0.25, -0.2) is 12.7 Å². The SMILES string of the molecule is Cc1noc(C2CN(S(C)(=O)=O)C2)n1. The van der Waals surface area contributed by atoms with Gasteiger partial charge in [-0.2, -0.15) is 4.98 Å². The van der Waals surface area contributed by atoms with E-state index in [1.807, 2.05) is 0 Å². The number of hydrogen-bond donors (Lipinski definition) is 0. The van der Waals surface area contributed by atoms with Gasteiger partial charge >= 0.3 is 0 Å². The van der Waals surface area contributed by atoms with Gasteiger partial charge in [-0.1, -0.05) is 5.16 Å². The Kier molecular flexibility index (Phi) is 2.07. The van der Waals surface area contributed by atoms with Crippen LogP contribution in [0.2, 0.25) is 0 Å². The Balaban J connectivity index is 2.02. The van der Waals surface area contributed by atoms with E-state index in [-0.39, 0.29) is 5.92 Å². The van der Waals surface area contributed by atoms with Crippen LogP contribution in [0.15, 0.2) is 4.52 Å². The number of nitrogens with zero attached hydrogens (tertiary/aromatic N) is 3. The van der Waals surface area contributed by atoms with Crippen LogP contribution < -0.4 is 0 Å². The Morgan fingerprint density at radius 2 is 2.14 bits per heavy atom. The third-order valence-corrected chi connectivity index (χ3v) is 3.45. The topological polar surface area (TPSA) is 76.3 Å². The lowest BCUT2D eigenvalue weighted by atomic mass is 10.0. The molecular weight excluding hydrogens is 206 g/mol. The summed E-state index contributed by atoms with van der Waals surface area (Å²) in [6.07, 6.45) is 1.20. The molecule has 1 aromatic heterocycles. The smallest absolute Gasteiger partial charge is 0.232 e. The zero-order chi connectivity index (χ0) is 10.3. The lowest BCUT2D eigenvalue weighted by Gasteiger charge is -2.34. The number of rotatable bonds is 2. The first-order chi connectivity index (χ1) is 6.47. The van der Waals surface area contributed by atoms with E-state index in [2.05, 4.69) is 10.1 Å². The van der Waals surface area contributed by atoms with Gasteiger partial charge in [0.25, 0.3) is 0 Å². The molecule has 7 heteroatoms. The molecule has 0 aromatic carbocycles. The molecule has 1 saturated heterocycles. The molecule has 0 saturated carbocycles. The highest BCUT2D eigenvalue weighted by Gasteiger charge is 2.37. The third-order valence-electron chi connectivity index (χ3n) is 2.21. The Morgan fingerprint density at radius 3 is 2.57 bits per heavy atom. The predicted molar refractivity (Wildman–Crippen MR) is 48.2 cm³/mol. The maximum Gasteiger partial charge on any atom is 0.232 e. The summed E-state index contributed by atoms with van der Waals surface area (Å²) < 4.78 is 28.4. The van der Waals surface area contributed by atoms with Crippen molar-refractivity contribution in [2.75, 3.05) is 19.3 Å². The van der Waals surface area contributed by atoms with Gasteiger partial charge in [-0.15, -0.1) is 0 Å². The highest BCUT2D eigenvalue weighted by atomic mass is 32.2. The quantitative estimate of drug-likeness (QED) is 0.682. The summed E-state index contributed by atoms with van der Waals surface area (Å²) >= 11 is 0. The average Bonchev–Trinajstić information content (AvgIpc) is 2.28. The number of hydrogen-bond acceptors (Lipinski definition) is 5. The molecule has 6 nitrogen and oxygen atoms in total. The van der Waals surface area contributed by atoms with Crippen LogP contribution >= 0.6 is 0 Å². The molecule has 0 atom stereocenters. The number of aromatic nitrogens is 2. The highest BCUT2D eigenvalue weighted by Crippen LogP contribution is 2.27. The summed E-state index contributed by atoms with van der Waals surface area (Å²) in [5.41, 5.74) is 0. The molecular formula is C7H11N3O3S. The summed E-state index contributed by atoms with van der Waals surface area (Å²) in [6, 6.07) is 0. The van der Waals surface area contributed by atoms with E-state index in [0.717, 1.165) is 0 Å². The summed E-state index contributed by atoms with van der Waals surface area (Å²) in [6.45, 7) is 2.63. The zero-order valence-corrected chi connectivity index (χ0v) is 8.78. The highest BCUT2D eigenvalue weighted by molar-refractivity contribution is 7.88. The van der Waals surface area contributed by atoms with Crippen LogP contribution in [-0.4, -0.2) is 42.2 Å². The first-order valence-corrected chi connectivity index (χ1v) is 6.07. The van der Waals surface area contributed by atoms with Gasteiger partial charge in [0, 0.05) is 13.1 Å². The monoisotopic (exact) mass is 217 g/mol. The summed E-state index contributed by atoms with van der Waals surface area (Å²) in [5, 5.41) is 3.65. The molecule has 2 heterocycles. The predicted octanol–water partition coefficient (Wildman–Crippen LogP) is -0.263. The summed E-state index contributed by atoms with van der Waals surface area (Å²) in [4.78, 5) is 4.05. The van der Waals surface area contributed by atoms with Crippen molar-refractivity contribution in [2.24, 2.45) is 0 Å². The molecule has 1 aliphatic heterocycles. The minimum atomic E-state index is -3.06. The molecule has 0 unspecified atom stereocenters. The van der Waals surface area contributed by atoms with Gasteiger partial charge < -0.3 is 4.52 Å². The van der Waals surface area contributed by atoms with Gasteiger partial charge in [0.1, 0.15) is 0 Å². The minimum absolute atomic E-state index is 0.0610. The molecule has 0 bridgehead atoms. The van der Waals surface area contributed by atoms with Gasteiger partial charge in [0.05, 0.1) is 12.2 Å². The van der Waals surface area contributed by atoms with E-state index >= 15 is 0 Å². The molecule has 0 N–H and O–H groups in total. The number of sulfonamides is 1. The molecule has 1 aromatic rings. The minimum Gasteiger partial charge on any atom is -0.339 e. The first kappa shape index (κ1) is 9.60. The normalized spacial score (nSPS) is 19.6. The Hall–Kier alpha value is -0.950. The van der Waals surface area contributed by atoms with E-state index in [9.17, 15) is 8.42 Å². The fourth-order valence-electron chi connectivity index (χ4n) is 1.34. The molecule has 2 rings (SSSR count). The van der Waals surface area contributed by atoms with Gasteiger partial charge in [0.15, 0.2) is 5.82 Å². The van der Waals surface area contributed by atoms with Crippen molar-refractivity contribution in [1.29, 1.82) is 0 Å². The van der Waals surface area contributed by atoms with E-state index in [4.69, 9.17) is 4.52 Å². The molecule has 0 spiro atoms. The fraction of sp³-hybridized carbons (Fsp3) is 0.714. The fourth-order valence-corrected chi connectivity index (χ4v) is 2.25. The number of aryl methyl sites for hydroxylation is 1. The van der Waals surface area contributed by atoms with Crippen molar-refractivity contribution in [3.05, 3.63) is 11.7 Å². The van der Waals surface area contributed by atoms with E-state index in [1.165, 1.54) is 10.6 Å². The summed E-state index contributed by atoms with van der Waals surface area (Å²) in [5.74, 6) is 1.17. The lowest BCUT2D eigenvalue weighted by molar-refractivity contribution is 0.217. The van der Waals surface area contributed by atoms with Crippen LogP contribution in [0.1, 0.15) is 17.6 Å². The Morgan fingerprint density at radius 1 is 1.50 bits per heavy atom. The van der Waals surface area contributed by atoms with Crippen LogP contribution in [0.4, 0.5) is 0 Å². The van der Waals surface area contributed by atoms with Gasteiger partial charge in [-0.3, -0.25) is 0 Å². The molecule has 14 heavy (non-hydrogen) atoms. The molecule has 0 aliphatic carbocycles. The van der Waals surface area contributed by atoms with Crippen molar-refractivity contribution < 1.29 is 12.9 Å². The second kappa shape index (κ2) is 3.03. The van der Waals surface area contributed by atoms with Crippen LogP contribution in [0, 0.1) is 6.92 Å². The van der Waals surface area contributed by atoms with Crippen molar-refractivity contribution in [3.8, 4) is 0 Å². The van der Waals surface area contributed by atoms with E-state index < -0.39 is 10.0 Å². The standard InChI is InChI=1S/C7H11N3O3S/c1-5-8-7(13-9-5)6-3-10(4-6)14(2,11)12/h6H,3-4H2,1-2H3. The molecule has 0 amide bonds. The second-order valence-corrected chi connectivity index (χ2v) is 5.44. The van der Waals surface area contributed by atoms with Gasteiger partial charge in [0.2, 0.25) is 15.9 Å². The maximum atomic E-state index is 11.1. The molecule has 1 fully saturated rings. The molecule has 0 radical (unpaired) electrons. The lowest BCUT2D eigenvalue weighted by Crippen LogP contribution is -2.47. The average molecular weight is 217 g/mol. The summed E-state index contributed by atoms with van der Waals surface area (Å²) in [7, 11) is -3.06. The molecule has 1 aliphatic rings. The van der Waals surface area contributed by atoms with Gasteiger partial charge in [-0.05, 0) is 6.92 Å². The van der Waals surface area contributed by atoms with Crippen molar-refractivity contribution in [2.45, 2.75) is 12.8 Å². The van der Waals surface area contributed by atoms with Crippen LogP contribution in [0.3, 0.4) is 0 Å². The Bertz CT molecular complexity index is 433. The van der Waals surface area contributed by atoms with Crippen LogP contribution in [-0.2, 0) is 10.0 Å². The van der Waals surface area contributed by atoms with Crippen LogP contribution in [0.25, 0.3) is 0 Å². The Labute approximate surface area is 82.0 Å². The molecule has 78 valence electrons.